The van der Waals surface area contributed by atoms with Crippen LogP contribution in [0.4, 0.5) is 0 Å². The van der Waals surface area contributed by atoms with Gasteiger partial charge in [-0.15, -0.1) is 11.3 Å². The van der Waals surface area contributed by atoms with Crippen LogP contribution in [-0.4, -0.2) is 14.5 Å². The molecular weight excluding hydrogens is 603 g/mol. The number of nitrogens with zero attached hydrogens (tertiary/aromatic N) is 3. The molecule has 7 aromatic carbocycles. The quantitative estimate of drug-likeness (QED) is 0.194. The number of hydrogen-bond acceptors (Lipinski definition) is 3. The van der Waals surface area contributed by atoms with Crippen LogP contribution in [0.15, 0.2) is 164 Å². The summed E-state index contributed by atoms with van der Waals surface area (Å²) in [6, 6.07) is 58.2. The van der Waals surface area contributed by atoms with E-state index in [4.69, 9.17) is 9.97 Å². The first-order valence-electron chi connectivity index (χ1n) is 16.2. The molecule has 0 aliphatic heterocycles. The Morgan fingerprint density at radius 2 is 1.04 bits per heavy atom. The van der Waals surface area contributed by atoms with Crippen LogP contribution < -0.4 is 0 Å². The van der Waals surface area contributed by atoms with E-state index in [0.29, 0.717) is 0 Å². The zero-order chi connectivity index (χ0) is 31.6. The third kappa shape index (κ3) is 4.20. The Hall–Kier alpha value is -6.10. The SMILES string of the molecule is c1ccc(-c2cc(-c3ccc(-n4c5ccc6ccccc6c5c5c6sc7ccccc7c6ccc54)cc3)nc(-c3ccccc3)n2)cc1. The number of aromatic nitrogens is 3. The van der Waals surface area contributed by atoms with E-state index in [2.05, 4.69) is 144 Å². The highest BCUT2D eigenvalue weighted by Gasteiger charge is 2.19. The van der Waals surface area contributed by atoms with Gasteiger partial charge in [0.2, 0.25) is 0 Å². The first-order valence-corrected chi connectivity index (χ1v) is 17.0. The largest absolute Gasteiger partial charge is 0.309 e. The van der Waals surface area contributed by atoms with Gasteiger partial charge >= 0.3 is 0 Å². The van der Waals surface area contributed by atoms with Crippen LogP contribution >= 0.6 is 11.3 Å². The normalized spacial score (nSPS) is 11.8. The monoisotopic (exact) mass is 629 g/mol. The summed E-state index contributed by atoms with van der Waals surface area (Å²) in [5.41, 5.74) is 8.47. The van der Waals surface area contributed by atoms with Gasteiger partial charge in [0.05, 0.1) is 22.4 Å². The molecule has 3 aromatic heterocycles. The molecule has 0 amide bonds. The molecule has 0 bridgehead atoms. The summed E-state index contributed by atoms with van der Waals surface area (Å²) in [6.07, 6.45) is 0. The Kier molecular flexibility index (Phi) is 6.05. The van der Waals surface area contributed by atoms with Crippen molar-refractivity contribution in [2.24, 2.45) is 0 Å². The van der Waals surface area contributed by atoms with Gasteiger partial charge in [-0.25, -0.2) is 9.97 Å². The number of benzene rings is 7. The first kappa shape index (κ1) is 27.1. The van der Waals surface area contributed by atoms with Crippen molar-refractivity contribution in [3.63, 3.8) is 0 Å². The molecule has 0 N–H and O–H groups in total. The van der Waals surface area contributed by atoms with Crippen LogP contribution in [0.25, 0.3) is 92.3 Å². The summed E-state index contributed by atoms with van der Waals surface area (Å²) >= 11 is 1.89. The van der Waals surface area contributed by atoms with E-state index in [0.717, 1.165) is 39.6 Å². The summed E-state index contributed by atoms with van der Waals surface area (Å²) < 4.78 is 5.09. The molecule has 10 rings (SSSR count). The first-order chi connectivity index (χ1) is 23.8. The fourth-order valence-electron chi connectivity index (χ4n) is 7.17. The van der Waals surface area contributed by atoms with Gasteiger partial charge in [0.15, 0.2) is 5.82 Å². The highest BCUT2D eigenvalue weighted by atomic mass is 32.1. The highest BCUT2D eigenvalue weighted by molar-refractivity contribution is 7.26. The van der Waals surface area contributed by atoms with Crippen LogP contribution in [0.3, 0.4) is 0 Å². The van der Waals surface area contributed by atoms with E-state index in [-0.39, 0.29) is 0 Å². The molecule has 4 heteroatoms. The lowest BCUT2D eigenvalue weighted by molar-refractivity contribution is 1.17. The summed E-state index contributed by atoms with van der Waals surface area (Å²) in [5.74, 6) is 0.720. The summed E-state index contributed by atoms with van der Waals surface area (Å²) in [5, 5.41) is 7.80. The molecule has 0 aliphatic rings. The lowest BCUT2D eigenvalue weighted by Gasteiger charge is -2.11. The molecular formula is C44H27N3S. The van der Waals surface area contributed by atoms with Crippen LogP contribution in [-0.2, 0) is 0 Å². The molecule has 0 spiro atoms. The van der Waals surface area contributed by atoms with Crippen LogP contribution in [0.2, 0.25) is 0 Å². The third-order valence-corrected chi connectivity index (χ3v) is 10.6. The molecule has 3 heterocycles. The van der Waals surface area contributed by atoms with Gasteiger partial charge in [0, 0.05) is 53.3 Å². The minimum absolute atomic E-state index is 0.720. The second kappa shape index (κ2) is 10.7. The molecule has 3 nitrogen and oxygen atoms in total. The van der Waals surface area contributed by atoms with Crippen molar-refractivity contribution in [1.29, 1.82) is 0 Å². The number of fused-ring (bicyclic) bond motifs is 9. The Morgan fingerprint density at radius 1 is 0.438 bits per heavy atom. The van der Waals surface area contributed by atoms with Crippen LogP contribution in [0.1, 0.15) is 0 Å². The predicted octanol–water partition coefficient (Wildman–Crippen LogP) is 12.1. The summed E-state index contributed by atoms with van der Waals surface area (Å²) in [7, 11) is 0. The van der Waals surface area contributed by atoms with Crippen molar-refractivity contribution in [1.82, 2.24) is 14.5 Å². The zero-order valence-corrected chi connectivity index (χ0v) is 26.7. The molecule has 0 saturated carbocycles. The van der Waals surface area contributed by atoms with Gasteiger partial charge in [-0.2, -0.15) is 0 Å². The van der Waals surface area contributed by atoms with Crippen molar-refractivity contribution in [2.45, 2.75) is 0 Å². The number of hydrogen-bond donors (Lipinski definition) is 0. The molecule has 0 fully saturated rings. The fraction of sp³-hybridized carbons (Fsp3) is 0. The second-order valence-corrected chi connectivity index (χ2v) is 13.2. The van der Waals surface area contributed by atoms with E-state index < -0.39 is 0 Å². The van der Waals surface area contributed by atoms with Gasteiger partial charge < -0.3 is 4.57 Å². The summed E-state index contributed by atoms with van der Waals surface area (Å²) in [6.45, 7) is 0. The van der Waals surface area contributed by atoms with Crippen LogP contribution in [0, 0.1) is 0 Å². The second-order valence-electron chi connectivity index (χ2n) is 12.2. The fourth-order valence-corrected chi connectivity index (χ4v) is 8.42. The van der Waals surface area contributed by atoms with Gasteiger partial charge in [-0.1, -0.05) is 127 Å². The van der Waals surface area contributed by atoms with Gasteiger partial charge in [-0.3, -0.25) is 0 Å². The summed E-state index contributed by atoms with van der Waals surface area (Å²) in [4.78, 5) is 10.0. The van der Waals surface area contributed by atoms with E-state index in [1.807, 2.05) is 35.6 Å². The van der Waals surface area contributed by atoms with Gasteiger partial charge in [0.25, 0.3) is 0 Å². The zero-order valence-electron chi connectivity index (χ0n) is 25.8. The van der Waals surface area contributed by atoms with Crippen molar-refractivity contribution < 1.29 is 0 Å². The Balaban J connectivity index is 1.19. The van der Waals surface area contributed by atoms with Gasteiger partial charge in [-0.05, 0) is 47.2 Å². The molecule has 0 radical (unpaired) electrons. The molecule has 0 atom stereocenters. The van der Waals surface area contributed by atoms with Gasteiger partial charge in [0.1, 0.15) is 0 Å². The minimum Gasteiger partial charge on any atom is -0.309 e. The average Bonchev–Trinajstić information content (AvgIpc) is 3.72. The van der Waals surface area contributed by atoms with Crippen molar-refractivity contribution >= 4 is 64.1 Å². The van der Waals surface area contributed by atoms with Crippen LogP contribution in [0.5, 0.6) is 0 Å². The average molecular weight is 630 g/mol. The lowest BCUT2D eigenvalue weighted by Crippen LogP contribution is -1.97. The maximum Gasteiger partial charge on any atom is 0.160 e. The maximum atomic E-state index is 5.06. The van der Waals surface area contributed by atoms with E-state index in [1.165, 1.54) is 52.8 Å². The Morgan fingerprint density at radius 3 is 1.81 bits per heavy atom. The molecule has 0 unspecified atom stereocenters. The lowest BCUT2D eigenvalue weighted by atomic mass is 10.0. The molecule has 0 saturated heterocycles. The number of thiophene rings is 1. The minimum atomic E-state index is 0.720. The smallest absolute Gasteiger partial charge is 0.160 e. The number of rotatable bonds is 4. The predicted molar refractivity (Wildman–Crippen MR) is 203 cm³/mol. The standard InChI is InChI=1S/C44H27N3S/c1-3-12-29(13-4-1)36-27-37(46-44(45-36)31-14-5-2-6-15-31)30-19-22-32(23-20-30)47-38-25-21-28-11-7-8-16-33(28)41(38)42-39(47)26-24-35-34-17-9-10-18-40(34)48-43(35)42/h1-27H. The van der Waals surface area contributed by atoms with Crippen molar-refractivity contribution in [3.05, 3.63) is 164 Å². The van der Waals surface area contributed by atoms with E-state index in [9.17, 15) is 0 Å². The molecule has 224 valence electrons. The molecule has 10 aromatic rings. The van der Waals surface area contributed by atoms with E-state index >= 15 is 0 Å². The molecule has 48 heavy (non-hydrogen) atoms. The topological polar surface area (TPSA) is 30.7 Å². The van der Waals surface area contributed by atoms with E-state index in [1.54, 1.807) is 0 Å². The third-order valence-electron chi connectivity index (χ3n) is 9.41. The Labute approximate surface area is 281 Å². The van der Waals surface area contributed by atoms with Crippen molar-refractivity contribution in [2.75, 3.05) is 0 Å². The maximum absolute atomic E-state index is 5.06. The molecule has 0 aliphatic carbocycles. The Bertz CT molecular complexity index is 2760. The van der Waals surface area contributed by atoms with Crippen molar-refractivity contribution in [3.8, 4) is 39.6 Å². The highest BCUT2D eigenvalue weighted by Crippen LogP contribution is 2.45.